The summed E-state index contributed by atoms with van der Waals surface area (Å²) in [4.78, 5) is 28.6. The number of ether oxygens (including phenoxy) is 5. The third-order valence-electron chi connectivity index (χ3n) is 5.77. The van der Waals surface area contributed by atoms with Gasteiger partial charge in [-0.15, -0.1) is 26.3 Å². The van der Waals surface area contributed by atoms with Crippen molar-refractivity contribution in [2.24, 2.45) is 0 Å². The van der Waals surface area contributed by atoms with Crippen LogP contribution in [0.2, 0.25) is 0 Å². The molecule has 0 unspecified atom stereocenters. The van der Waals surface area contributed by atoms with Gasteiger partial charge in [0, 0.05) is 0 Å². The fourth-order valence-corrected chi connectivity index (χ4v) is 3.76. The van der Waals surface area contributed by atoms with Crippen LogP contribution in [0.3, 0.4) is 0 Å². The van der Waals surface area contributed by atoms with Crippen LogP contribution in [-0.4, -0.2) is 46.3 Å². The maximum atomic E-state index is 14.2. The highest BCUT2D eigenvalue weighted by atomic mass is 19.4. The number of carboxylic acids is 1. The van der Waals surface area contributed by atoms with Gasteiger partial charge in [-0.3, -0.25) is 0 Å². The Balaban J connectivity index is 0.000000291. The summed E-state index contributed by atoms with van der Waals surface area (Å²) >= 11 is 0. The molecule has 0 bridgehead atoms. The number of aromatic carboxylic acids is 1. The maximum Gasteiger partial charge on any atom is 0.573 e. The van der Waals surface area contributed by atoms with E-state index < -0.39 is 94.2 Å². The summed E-state index contributed by atoms with van der Waals surface area (Å²) in [5.74, 6) is -10.9. The highest BCUT2D eigenvalue weighted by molar-refractivity contribution is 5.93. The number of alkyl halides is 12. The molecule has 0 aliphatic rings. The molecule has 54 heavy (non-hydrogen) atoms. The van der Waals surface area contributed by atoms with Gasteiger partial charge in [-0.25, -0.2) is 28.3 Å². The Morgan fingerprint density at radius 2 is 0.926 bits per heavy atom. The van der Waals surface area contributed by atoms with Crippen LogP contribution < -0.4 is 18.9 Å². The van der Waals surface area contributed by atoms with Crippen LogP contribution in [-0.2, 0) is 17.1 Å². The minimum Gasteiger partial charge on any atom is -0.477 e. The number of esters is 1. The van der Waals surface area contributed by atoms with Crippen LogP contribution in [0.4, 0.5) is 61.5 Å². The van der Waals surface area contributed by atoms with Crippen LogP contribution in [0.15, 0.2) is 60.9 Å². The van der Waals surface area contributed by atoms with E-state index in [2.05, 4.69) is 24.2 Å². The van der Waals surface area contributed by atoms with Gasteiger partial charge in [-0.2, -0.15) is 26.3 Å². The Hall–Kier alpha value is -6.10. The second-order valence-corrected chi connectivity index (χ2v) is 9.58. The normalized spacial score (nSPS) is 11.9. The van der Waals surface area contributed by atoms with Crippen LogP contribution in [0.25, 0.3) is 0 Å². The summed E-state index contributed by atoms with van der Waals surface area (Å²) < 4.78 is 199. The standard InChI is InChI=1S/C16H10F7NO4.C14H6F7NO4/c1-2-26-14(25)11-10(7-24-13(12(11)17)15(18,19)20)27-8-3-5-9(6-4-8)28-16(21,22)23;15-10-9(12(23)24)8(5-22-11(10)13(16,17)18)25-6-1-3-7(4-2-6)26-14(19,20)21/h3-7H,2H2,1H3;1-5H,(H,23,24). The fourth-order valence-electron chi connectivity index (χ4n) is 3.76. The first-order chi connectivity index (χ1) is 24.8. The zero-order chi connectivity index (χ0) is 40.8. The molecule has 0 amide bonds. The molecule has 2 aromatic carbocycles. The van der Waals surface area contributed by atoms with Crippen molar-refractivity contribution in [3.63, 3.8) is 0 Å². The number of rotatable bonds is 9. The summed E-state index contributed by atoms with van der Waals surface area (Å²) in [5, 5.41) is 8.93. The molecule has 0 saturated carbocycles. The Labute approximate surface area is 290 Å². The van der Waals surface area contributed by atoms with E-state index in [-0.39, 0.29) is 18.1 Å². The number of benzene rings is 2. The van der Waals surface area contributed by atoms with Crippen molar-refractivity contribution in [1.82, 2.24) is 9.97 Å². The molecule has 24 heteroatoms. The number of aromatic nitrogens is 2. The van der Waals surface area contributed by atoms with Crippen LogP contribution in [0.5, 0.6) is 34.5 Å². The minimum atomic E-state index is -5.23. The van der Waals surface area contributed by atoms with Gasteiger partial charge in [-0.05, 0) is 55.5 Å². The molecule has 2 heterocycles. The lowest BCUT2D eigenvalue weighted by atomic mass is 10.2. The smallest absolute Gasteiger partial charge is 0.477 e. The summed E-state index contributed by atoms with van der Waals surface area (Å²) in [6, 6.07) is 7.04. The number of carboxylic acid groups (broad SMARTS) is 1. The van der Waals surface area contributed by atoms with Gasteiger partial charge in [0.05, 0.1) is 19.0 Å². The summed E-state index contributed by atoms with van der Waals surface area (Å²) in [7, 11) is 0. The number of hydrogen-bond acceptors (Lipinski definition) is 9. The second kappa shape index (κ2) is 16.3. The Morgan fingerprint density at radius 1 is 0.593 bits per heavy atom. The van der Waals surface area contributed by atoms with Gasteiger partial charge in [-0.1, -0.05) is 0 Å². The van der Waals surface area contributed by atoms with Gasteiger partial charge in [0.2, 0.25) is 0 Å². The van der Waals surface area contributed by atoms with Crippen molar-refractivity contribution in [1.29, 1.82) is 0 Å². The van der Waals surface area contributed by atoms with E-state index in [9.17, 15) is 71.1 Å². The maximum absolute atomic E-state index is 14.2. The van der Waals surface area contributed by atoms with Crippen molar-refractivity contribution < 1.29 is 99.8 Å². The third-order valence-corrected chi connectivity index (χ3v) is 5.77. The van der Waals surface area contributed by atoms with Gasteiger partial charge in [0.15, 0.2) is 34.5 Å². The number of hydrogen-bond donors (Lipinski definition) is 1. The van der Waals surface area contributed by atoms with E-state index in [1.165, 1.54) is 6.92 Å². The molecule has 0 radical (unpaired) electrons. The molecule has 4 rings (SSSR count). The van der Waals surface area contributed by atoms with Crippen molar-refractivity contribution in [3.05, 3.63) is 95.1 Å². The van der Waals surface area contributed by atoms with Crippen LogP contribution in [0, 0.1) is 11.6 Å². The number of carbonyl (C=O) groups is 2. The zero-order valence-corrected chi connectivity index (χ0v) is 26.0. The first-order valence-electron chi connectivity index (χ1n) is 13.8. The highest BCUT2D eigenvalue weighted by Gasteiger charge is 2.41. The highest BCUT2D eigenvalue weighted by Crippen LogP contribution is 2.38. The van der Waals surface area contributed by atoms with Crippen molar-refractivity contribution in [2.45, 2.75) is 32.0 Å². The van der Waals surface area contributed by atoms with E-state index in [4.69, 9.17) is 14.6 Å². The Morgan fingerprint density at radius 3 is 1.24 bits per heavy atom. The molecule has 2 aromatic heterocycles. The lowest BCUT2D eigenvalue weighted by Gasteiger charge is -2.15. The topological polar surface area (TPSA) is 126 Å². The predicted octanol–water partition coefficient (Wildman–Crippen LogP) is 9.74. The van der Waals surface area contributed by atoms with E-state index in [0.29, 0.717) is 12.4 Å². The quantitative estimate of drug-likeness (QED) is 0.129. The molecule has 0 saturated heterocycles. The van der Waals surface area contributed by atoms with Gasteiger partial charge < -0.3 is 28.8 Å². The fraction of sp³-hybridized carbons (Fsp3) is 0.200. The van der Waals surface area contributed by atoms with Crippen LogP contribution >= 0.6 is 0 Å². The van der Waals surface area contributed by atoms with E-state index in [1.807, 2.05) is 0 Å². The minimum absolute atomic E-state index is 0.221. The molecule has 10 nitrogen and oxygen atoms in total. The van der Waals surface area contributed by atoms with Gasteiger partial charge in [0.25, 0.3) is 0 Å². The monoisotopic (exact) mass is 798 g/mol. The molecular weight excluding hydrogens is 782 g/mol. The van der Waals surface area contributed by atoms with Crippen molar-refractivity contribution in [3.8, 4) is 34.5 Å². The molecular formula is C30H16F14N2O8. The molecule has 0 spiro atoms. The summed E-state index contributed by atoms with van der Waals surface area (Å²) in [5.41, 5.74) is -6.57. The Kier molecular flexibility index (Phi) is 12.8. The molecule has 1 N–H and O–H groups in total. The first kappa shape index (κ1) is 42.3. The average molecular weight is 798 g/mol. The molecule has 292 valence electrons. The van der Waals surface area contributed by atoms with Crippen molar-refractivity contribution >= 4 is 11.9 Å². The molecule has 4 aromatic rings. The van der Waals surface area contributed by atoms with Crippen molar-refractivity contribution in [2.75, 3.05) is 6.61 Å². The van der Waals surface area contributed by atoms with Gasteiger partial charge >= 0.3 is 37.0 Å². The third kappa shape index (κ3) is 11.7. The number of pyridine rings is 2. The SMILES string of the molecule is CCOC(=O)c1c(Oc2ccc(OC(F)(F)F)cc2)cnc(C(F)(F)F)c1F.O=C(O)c1c(Oc2ccc(OC(F)(F)F)cc2)cnc(C(F)(F)F)c1F. The summed E-state index contributed by atoms with van der Waals surface area (Å²) in [6.07, 6.45) is -19.5. The number of carbonyl (C=O) groups excluding carboxylic acids is 1. The molecule has 0 aliphatic heterocycles. The van der Waals surface area contributed by atoms with Gasteiger partial charge in [0.1, 0.15) is 34.1 Å². The molecule has 0 atom stereocenters. The Bertz CT molecular complexity index is 1950. The van der Waals surface area contributed by atoms with Crippen LogP contribution in [0.1, 0.15) is 39.0 Å². The second-order valence-electron chi connectivity index (χ2n) is 9.58. The predicted molar refractivity (Wildman–Crippen MR) is 148 cm³/mol. The largest absolute Gasteiger partial charge is 0.573 e. The molecule has 0 aliphatic carbocycles. The lowest BCUT2D eigenvalue weighted by Crippen LogP contribution is -2.17. The molecule has 0 fully saturated rings. The summed E-state index contributed by atoms with van der Waals surface area (Å²) in [6.45, 7) is 1.09. The average Bonchev–Trinajstić information content (AvgIpc) is 3.01. The van der Waals surface area contributed by atoms with E-state index in [1.54, 1.807) is 0 Å². The van der Waals surface area contributed by atoms with E-state index >= 15 is 0 Å². The lowest BCUT2D eigenvalue weighted by molar-refractivity contribution is -0.275. The number of nitrogens with zero attached hydrogens (tertiary/aromatic N) is 2. The first-order valence-corrected chi connectivity index (χ1v) is 13.8. The zero-order valence-electron chi connectivity index (χ0n) is 26.0. The van der Waals surface area contributed by atoms with E-state index in [0.717, 1.165) is 48.5 Å². The number of halogens is 14.